The average molecular weight is 1340 g/mol. The Labute approximate surface area is 556 Å². The molecule has 0 aromatic carbocycles. The molecule has 3 unspecified atom stereocenters. The summed E-state index contributed by atoms with van der Waals surface area (Å²) < 4.78 is 68.4. The Bertz CT molecular complexity index is 1800. The first-order valence-electron chi connectivity index (χ1n) is 37.2. The highest BCUT2D eigenvalue weighted by molar-refractivity contribution is 7.47. The van der Waals surface area contributed by atoms with Gasteiger partial charge in [0, 0.05) is 25.7 Å². The van der Waals surface area contributed by atoms with E-state index in [0.29, 0.717) is 25.7 Å². The number of phosphoric ester groups is 2. The van der Waals surface area contributed by atoms with Crippen LogP contribution < -0.4 is 0 Å². The van der Waals surface area contributed by atoms with Crippen LogP contribution in [0.1, 0.15) is 357 Å². The summed E-state index contributed by atoms with van der Waals surface area (Å²) in [5.74, 6) is 0.860. The molecule has 0 rings (SSSR count). The molecular weight excluding hydrogens is 1200 g/mol. The number of rotatable bonds is 69. The van der Waals surface area contributed by atoms with E-state index in [9.17, 15) is 43.2 Å². The maximum atomic E-state index is 13.0. The summed E-state index contributed by atoms with van der Waals surface area (Å²) in [6, 6.07) is 0. The zero-order chi connectivity index (χ0) is 67.5. The number of unbranched alkanes of at least 4 members (excludes halogenated alkanes) is 35. The maximum Gasteiger partial charge on any atom is 0.472 e. The number of hydrogen-bond donors (Lipinski definition) is 3. The summed E-state index contributed by atoms with van der Waals surface area (Å²) in [5, 5.41) is 10.6. The van der Waals surface area contributed by atoms with Gasteiger partial charge >= 0.3 is 39.5 Å². The van der Waals surface area contributed by atoms with Crippen molar-refractivity contribution >= 4 is 39.5 Å². The number of carbonyl (C=O) groups excluding carboxylic acids is 4. The second kappa shape index (κ2) is 61.6. The summed E-state index contributed by atoms with van der Waals surface area (Å²) in [6.45, 7) is 14.1. The van der Waals surface area contributed by atoms with Crippen molar-refractivity contribution in [2.75, 3.05) is 39.6 Å². The molecule has 5 atom stereocenters. The molecule has 0 spiro atoms. The van der Waals surface area contributed by atoms with Crippen molar-refractivity contribution in [3.63, 3.8) is 0 Å². The number of esters is 4. The summed E-state index contributed by atoms with van der Waals surface area (Å²) in [5.41, 5.74) is 0. The van der Waals surface area contributed by atoms with E-state index in [4.69, 9.17) is 37.0 Å². The second-order valence-corrected chi connectivity index (χ2v) is 30.8. The number of aliphatic hydroxyl groups is 1. The number of ether oxygens (including phenoxy) is 4. The lowest BCUT2D eigenvalue weighted by molar-refractivity contribution is -0.161. The van der Waals surface area contributed by atoms with Crippen molar-refractivity contribution in [3.8, 4) is 0 Å². The molecule has 0 bridgehead atoms. The van der Waals surface area contributed by atoms with Crippen LogP contribution in [0.2, 0.25) is 0 Å². The van der Waals surface area contributed by atoms with Crippen molar-refractivity contribution < 1.29 is 80.2 Å². The molecule has 0 aliphatic heterocycles. The lowest BCUT2D eigenvalue weighted by Crippen LogP contribution is -2.30. The highest BCUT2D eigenvalue weighted by Crippen LogP contribution is 2.45. The molecule has 0 fully saturated rings. The normalized spacial score (nSPS) is 14.2. The lowest BCUT2D eigenvalue weighted by Gasteiger charge is -2.21. The lowest BCUT2D eigenvalue weighted by atomic mass is 10.0. The van der Waals surface area contributed by atoms with Crippen LogP contribution in [0.4, 0.5) is 0 Å². The van der Waals surface area contributed by atoms with Crippen LogP contribution in [-0.2, 0) is 65.4 Å². The number of phosphoric acid groups is 2. The van der Waals surface area contributed by atoms with Crippen LogP contribution >= 0.6 is 15.6 Å². The molecule has 0 saturated heterocycles. The minimum absolute atomic E-state index is 0.103. The SMILES string of the molecule is CC(C)CCCCCCCCCCCCCCCC(=O)OC[C@H](COP(=O)(O)OCC(O)COP(=O)(O)OC[C@@H](COC(=O)CCCCCCCCCCC(C)C)OC(=O)CCCCCCCCCCC(C)C)OC(=O)CCCCCCCCCCCCC(C)C. The maximum absolute atomic E-state index is 13.0. The van der Waals surface area contributed by atoms with Crippen LogP contribution in [0.25, 0.3) is 0 Å². The van der Waals surface area contributed by atoms with Crippen LogP contribution in [0.15, 0.2) is 0 Å². The Kier molecular flexibility index (Phi) is 60.3. The number of aliphatic hydroxyl groups excluding tert-OH is 1. The molecule has 19 heteroatoms. The molecule has 0 aromatic rings. The Balaban J connectivity index is 5.25. The van der Waals surface area contributed by atoms with E-state index in [1.807, 2.05) is 0 Å². The van der Waals surface area contributed by atoms with Gasteiger partial charge in [-0.1, -0.05) is 306 Å². The number of hydrogen-bond acceptors (Lipinski definition) is 15. The van der Waals surface area contributed by atoms with E-state index < -0.39 is 97.5 Å². The van der Waals surface area contributed by atoms with Gasteiger partial charge in [-0.2, -0.15) is 0 Å². The fourth-order valence-corrected chi connectivity index (χ4v) is 12.4. The first kappa shape index (κ1) is 89.1. The smallest absolute Gasteiger partial charge is 0.462 e. The Morgan fingerprint density at radius 1 is 0.275 bits per heavy atom. The molecule has 0 aliphatic rings. The van der Waals surface area contributed by atoms with Gasteiger partial charge in [0.25, 0.3) is 0 Å². The zero-order valence-corrected chi connectivity index (χ0v) is 61.3. The van der Waals surface area contributed by atoms with E-state index in [0.717, 1.165) is 114 Å². The van der Waals surface area contributed by atoms with Crippen LogP contribution in [-0.4, -0.2) is 96.7 Å². The summed E-state index contributed by atoms with van der Waals surface area (Å²) in [7, 11) is -9.91. The molecule has 540 valence electrons. The molecule has 0 aromatic heterocycles. The summed E-state index contributed by atoms with van der Waals surface area (Å²) in [4.78, 5) is 72.6. The quantitative estimate of drug-likeness (QED) is 0.0222. The second-order valence-electron chi connectivity index (χ2n) is 27.9. The van der Waals surface area contributed by atoms with Crippen LogP contribution in [0, 0.1) is 23.7 Å². The third-order valence-corrected chi connectivity index (χ3v) is 18.5. The molecule has 17 nitrogen and oxygen atoms in total. The van der Waals surface area contributed by atoms with Crippen molar-refractivity contribution in [3.05, 3.63) is 0 Å². The first-order valence-corrected chi connectivity index (χ1v) is 40.2. The van der Waals surface area contributed by atoms with Gasteiger partial charge in [-0.3, -0.25) is 37.3 Å². The molecule has 0 heterocycles. The predicted octanol–water partition coefficient (Wildman–Crippen LogP) is 20.5. The predicted molar refractivity (Wildman–Crippen MR) is 367 cm³/mol. The van der Waals surface area contributed by atoms with Gasteiger partial charge in [-0.15, -0.1) is 0 Å². The molecule has 0 saturated carbocycles. The monoisotopic (exact) mass is 1340 g/mol. The molecule has 91 heavy (non-hydrogen) atoms. The average Bonchev–Trinajstić information content (AvgIpc) is 3.01. The Hall–Kier alpha value is -1.94. The van der Waals surface area contributed by atoms with Gasteiger partial charge in [0.1, 0.15) is 19.3 Å². The van der Waals surface area contributed by atoms with Crippen LogP contribution in [0.5, 0.6) is 0 Å². The van der Waals surface area contributed by atoms with Gasteiger partial charge in [0.2, 0.25) is 0 Å². The van der Waals surface area contributed by atoms with Crippen molar-refractivity contribution in [1.29, 1.82) is 0 Å². The highest BCUT2D eigenvalue weighted by atomic mass is 31.2. The fourth-order valence-electron chi connectivity index (χ4n) is 10.8. The summed E-state index contributed by atoms with van der Waals surface area (Å²) in [6.07, 6.45) is 44.5. The third-order valence-electron chi connectivity index (χ3n) is 16.6. The third kappa shape index (κ3) is 66.5. The van der Waals surface area contributed by atoms with E-state index in [-0.39, 0.29) is 25.7 Å². The van der Waals surface area contributed by atoms with Crippen molar-refractivity contribution in [2.45, 2.75) is 375 Å². The van der Waals surface area contributed by atoms with E-state index in [2.05, 4.69) is 55.4 Å². The van der Waals surface area contributed by atoms with Gasteiger partial charge < -0.3 is 33.8 Å². The fraction of sp³-hybridized carbons (Fsp3) is 0.944. The first-order chi connectivity index (χ1) is 43.6. The Morgan fingerprint density at radius 2 is 0.462 bits per heavy atom. The van der Waals surface area contributed by atoms with Gasteiger partial charge in [-0.05, 0) is 49.4 Å². The minimum Gasteiger partial charge on any atom is -0.462 e. The van der Waals surface area contributed by atoms with Gasteiger partial charge in [0.05, 0.1) is 26.4 Å². The van der Waals surface area contributed by atoms with Gasteiger partial charge in [0.15, 0.2) is 12.2 Å². The van der Waals surface area contributed by atoms with E-state index in [1.165, 1.54) is 161 Å². The van der Waals surface area contributed by atoms with Crippen molar-refractivity contribution in [1.82, 2.24) is 0 Å². The van der Waals surface area contributed by atoms with Crippen molar-refractivity contribution in [2.24, 2.45) is 23.7 Å². The molecule has 0 aliphatic carbocycles. The minimum atomic E-state index is -4.95. The Morgan fingerprint density at radius 3 is 0.681 bits per heavy atom. The molecule has 0 radical (unpaired) electrons. The largest absolute Gasteiger partial charge is 0.472 e. The van der Waals surface area contributed by atoms with Gasteiger partial charge in [-0.25, -0.2) is 9.13 Å². The molecule has 3 N–H and O–H groups in total. The topological polar surface area (TPSA) is 237 Å². The van der Waals surface area contributed by atoms with E-state index in [1.54, 1.807) is 0 Å². The molecular formula is C72H140O17P2. The standard InChI is InChI=1S/C72H140O17P2/c1-62(2)48-40-32-24-16-12-10-9-11-13-18-28-36-44-52-69(74)82-58-67(88-71(76)54-46-38-30-19-15-14-17-25-33-41-49-63(3)4)60-86-90(78,79)84-56-66(73)57-85-91(80,81)87-61-68(89-72(77)55-47-39-31-23-21-27-35-43-51-65(7)8)59-83-70(75)53-45-37-29-22-20-26-34-42-50-64(5)6/h62-68,73H,9-61H2,1-8H3,(H,78,79)(H,80,81)/t66?,67-,68-/m1/s1. The molecule has 0 amide bonds. The highest BCUT2D eigenvalue weighted by Gasteiger charge is 2.30. The zero-order valence-electron chi connectivity index (χ0n) is 59.5. The summed E-state index contributed by atoms with van der Waals surface area (Å²) >= 11 is 0. The van der Waals surface area contributed by atoms with E-state index >= 15 is 0 Å². The number of carbonyl (C=O) groups is 4. The van der Waals surface area contributed by atoms with Crippen LogP contribution in [0.3, 0.4) is 0 Å².